The smallest absolute Gasteiger partial charge is 0.249 e. The summed E-state index contributed by atoms with van der Waals surface area (Å²) in [6.07, 6.45) is 3.39. The number of rotatable bonds is 8. The predicted octanol–water partition coefficient (Wildman–Crippen LogP) is 3.84. The third-order valence-corrected chi connectivity index (χ3v) is 4.10. The third-order valence-electron chi connectivity index (χ3n) is 4.10. The first kappa shape index (κ1) is 17.7. The number of nitrogens with one attached hydrogen (secondary N) is 2. The fraction of sp³-hybridized carbons (Fsp3) is 0.250. The lowest BCUT2D eigenvalue weighted by Gasteiger charge is -2.11. The molecule has 2 aromatic carbocycles. The van der Waals surface area contributed by atoms with E-state index in [0.717, 1.165) is 36.4 Å². The molecule has 0 spiro atoms. The largest absolute Gasteiger partial charge is 0.496 e. The van der Waals surface area contributed by atoms with E-state index < -0.39 is 0 Å². The molecule has 0 aliphatic heterocycles. The molecule has 134 valence electrons. The maximum Gasteiger partial charge on any atom is 0.249 e. The van der Waals surface area contributed by atoms with Crippen molar-refractivity contribution in [3.8, 4) is 5.75 Å². The fourth-order valence-electron chi connectivity index (χ4n) is 2.75. The maximum atomic E-state index is 5.38. The maximum absolute atomic E-state index is 5.38. The van der Waals surface area contributed by atoms with Crippen molar-refractivity contribution in [3.05, 3.63) is 65.9 Å². The number of anilines is 3. The Morgan fingerprint density at radius 3 is 2.58 bits per heavy atom. The number of aromatic nitrogens is 3. The lowest BCUT2D eigenvalue weighted by atomic mass is 10.1. The topological polar surface area (TPSA) is 72.0 Å². The number of hydrogen-bond acceptors (Lipinski definition) is 6. The van der Waals surface area contributed by atoms with Crippen molar-refractivity contribution in [1.82, 2.24) is 15.2 Å². The van der Waals surface area contributed by atoms with Gasteiger partial charge >= 0.3 is 0 Å². The van der Waals surface area contributed by atoms with Crippen LogP contribution in [-0.4, -0.2) is 28.8 Å². The van der Waals surface area contributed by atoms with Crippen molar-refractivity contribution < 1.29 is 4.74 Å². The summed E-state index contributed by atoms with van der Waals surface area (Å²) in [6, 6.07) is 16.1. The van der Waals surface area contributed by atoms with E-state index in [9.17, 15) is 0 Å². The molecule has 0 radical (unpaired) electrons. The lowest BCUT2D eigenvalue weighted by molar-refractivity contribution is 0.410. The van der Waals surface area contributed by atoms with E-state index in [1.807, 2.05) is 36.4 Å². The molecule has 0 fully saturated rings. The van der Waals surface area contributed by atoms with E-state index in [1.165, 1.54) is 5.56 Å². The average molecular weight is 349 g/mol. The zero-order valence-corrected chi connectivity index (χ0v) is 15.1. The molecule has 0 saturated carbocycles. The van der Waals surface area contributed by atoms with E-state index in [4.69, 9.17) is 4.74 Å². The van der Waals surface area contributed by atoms with Gasteiger partial charge in [-0.2, -0.15) is 10.1 Å². The summed E-state index contributed by atoms with van der Waals surface area (Å²) >= 11 is 0. The van der Waals surface area contributed by atoms with Crippen LogP contribution in [0.2, 0.25) is 0 Å². The average Bonchev–Trinajstić information content (AvgIpc) is 2.69. The van der Waals surface area contributed by atoms with Crippen molar-refractivity contribution in [2.75, 3.05) is 24.3 Å². The Balaban J connectivity index is 1.62. The van der Waals surface area contributed by atoms with E-state index in [0.29, 0.717) is 11.8 Å². The van der Waals surface area contributed by atoms with Crippen LogP contribution in [0.4, 0.5) is 17.5 Å². The van der Waals surface area contributed by atoms with Gasteiger partial charge in [-0.1, -0.05) is 43.3 Å². The van der Waals surface area contributed by atoms with Crippen molar-refractivity contribution >= 4 is 17.5 Å². The van der Waals surface area contributed by atoms with Crippen LogP contribution in [0.1, 0.15) is 18.1 Å². The quantitative estimate of drug-likeness (QED) is 0.644. The minimum atomic E-state index is 0.480. The molecule has 0 amide bonds. The van der Waals surface area contributed by atoms with Gasteiger partial charge in [0, 0.05) is 12.2 Å². The van der Waals surface area contributed by atoms with E-state index >= 15 is 0 Å². The van der Waals surface area contributed by atoms with Gasteiger partial charge in [0.05, 0.1) is 13.3 Å². The first-order valence-electron chi connectivity index (χ1n) is 8.70. The molecule has 0 aliphatic carbocycles. The van der Waals surface area contributed by atoms with E-state index in [1.54, 1.807) is 13.3 Å². The van der Waals surface area contributed by atoms with Gasteiger partial charge in [0.25, 0.3) is 0 Å². The van der Waals surface area contributed by atoms with Gasteiger partial charge in [-0.15, -0.1) is 5.10 Å². The third kappa shape index (κ3) is 4.47. The van der Waals surface area contributed by atoms with Crippen molar-refractivity contribution in [3.63, 3.8) is 0 Å². The van der Waals surface area contributed by atoms with Gasteiger partial charge in [0.1, 0.15) is 5.75 Å². The number of aryl methyl sites for hydroxylation is 1. The minimum absolute atomic E-state index is 0.480. The standard InChI is InChI=1S/C20H23N5O/c1-3-15-8-4-6-10-17(15)23-20-24-19(14-22-25-20)21-13-12-16-9-5-7-11-18(16)26-2/h4-11,14H,3,12-13H2,1-2H3,(H2,21,23,24,25). The van der Waals surface area contributed by atoms with Crippen LogP contribution < -0.4 is 15.4 Å². The Morgan fingerprint density at radius 2 is 1.77 bits per heavy atom. The number of ether oxygens (including phenoxy) is 1. The van der Waals surface area contributed by atoms with Crippen molar-refractivity contribution in [2.45, 2.75) is 19.8 Å². The van der Waals surface area contributed by atoms with Gasteiger partial charge in [-0.25, -0.2) is 0 Å². The molecule has 6 heteroatoms. The number of nitrogens with zero attached hydrogens (tertiary/aromatic N) is 3. The van der Waals surface area contributed by atoms with Crippen LogP contribution in [-0.2, 0) is 12.8 Å². The Hall–Kier alpha value is -3.15. The summed E-state index contributed by atoms with van der Waals surface area (Å²) in [6.45, 7) is 2.85. The van der Waals surface area contributed by atoms with Crippen LogP contribution >= 0.6 is 0 Å². The van der Waals surface area contributed by atoms with Crippen LogP contribution in [0.25, 0.3) is 0 Å². The van der Waals surface area contributed by atoms with Crippen LogP contribution in [0.15, 0.2) is 54.7 Å². The molecule has 6 nitrogen and oxygen atoms in total. The van der Waals surface area contributed by atoms with Crippen molar-refractivity contribution in [1.29, 1.82) is 0 Å². The number of methoxy groups -OCH3 is 1. The van der Waals surface area contributed by atoms with Crippen LogP contribution in [0, 0.1) is 0 Å². The summed E-state index contributed by atoms with van der Waals surface area (Å²) in [5.41, 5.74) is 3.37. The predicted molar refractivity (Wildman–Crippen MR) is 104 cm³/mol. The molecule has 26 heavy (non-hydrogen) atoms. The highest BCUT2D eigenvalue weighted by atomic mass is 16.5. The van der Waals surface area contributed by atoms with Gasteiger partial charge in [-0.3, -0.25) is 0 Å². The molecule has 1 aromatic heterocycles. The molecule has 0 aliphatic rings. The molecule has 3 rings (SSSR count). The molecule has 0 unspecified atom stereocenters. The Kier molecular flexibility index (Phi) is 5.98. The highest BCUT2D eigenvalue weighted by molar-refractivity contribution is 5.58. The van der Waals surface area contributed by atoms with Crippen LogP contribution in [0.3, 0.4) is 0 Å². The SMILES string of the molecule is CCc1ccccc1Nc1nncc(NCCc2ccccc2OC)n1. The second-order valence-electron chi connectivity index (χ2n) is 5.79. The highest BCUT2D eigenvalue weighted by Crippen LogP contribution is 2.20. The number of para-hydroxylation sites is 2. The normalized spacial score (nSPS) is 10.4. The summed E-state index contributed by atoms with van der Waals surface area (Å²) in [5, 5.41) is 14.6. The van der Waals surface area contributed by atoms with Gasteiger partial charge in [0.15, 0.2) is 5.82 Å². The van der Waals surface area contributed by atoms with E-state index in [2.05, 4.69) is 44.9 Å². The molecule has 0 bridgehead atoms. The zero-order valence-electron chi connectivity index (χ0n) is 15.1. The molecule has 0 saturated heterocycles. The molecule has 3 aromatic rings. The first-order chi connectivity index (χ1) is 12.8. The first-order valence-corrected chi connectivity index (χ1v) is 8.70. The Morgan fingerprint density at radius 1 is 1.00 bits per heavy atom. The molecule has 2 N–H and O–H groups in total. The van der Waals surface area contributed by atoms with Gasteiger partial charge < -0.3 is 15.4 Å². The highest BCUT2D eigenvalue weighted by Gasteiger charge is 2.05. The van der Waals surface area contributed by atoms with Gasteiger partial charge in [0.2, 0.25) is 5.95 Å². The van der Waals surface area contributed by atoms with Crippen LogP contribution in [0.5, 0.6) is 5.75 Å². The second kappa shape index (κ2) is 8.80. The lowest BCUT2D eigenvalue weighted by Crippen LogP contribution is -2.09. The minimum Gasteiger partial charge on any atom is -0.496 e. The fourth-order valence-corrected chi connectivity index (χ4v) is 2.75. The molecular formula is C20H23N5O. The molecular weight excluding hydrogens is 326 g/mol. The zero-order chi connectivity index (χ0) is 18.2. The second-order valence-corrected chi connectivity index (χ2v) is 5.79. The number of benzene rings is 2. The Bertz CT molecular complexity index is 853. The summed E-state index contributed by atoms with van der Waals surface area (Å²) in [5.74, 6) is 2.06. The molecule has 1 heterocycles. The summed E-state index contributed by atoms with van der Waals surface area (Å²) in [7, 11) is 1.69. The number of hydrogen-bond donors (Lipinski definition) is 2. The molecule has 0 atom stereocenters. The van der Waals surface area contributed by atoms with Crippen molar-refractivity contribution in [2.24, 2.45) is 0 Å². The summed E-state index contributed by atoms with van der Waals surface area (Å²) in [4.78, 5) is 4.49. The Labute approximate surface area is 153 Å². The van der Waals surface area contributed by atoms with Gasteiger partial charge in [-0.05, 0) is 36.1 Å². The van der Waals surface area contributed by atoms with E-state index in [-0.39, 0.29) is 0 Å². The monoisotopic (exact) mass is 349 g/mol. The summed E-state index contributed by atoms with van der Waals surface area (Å²) < 4.78 is 5.38.